The summed E-state index contributed by atoms with van der Waals surface area (Å²) in [6.07, 6.45) is 1.71. The number of aromatic nitrogens is 3. The molecule has 0 atom stereocenters. The van der Waals surface area contributed by atoms with Gasteiger partial charge in [-0.2, -0.15) is 5.26 Å². The Labute approximate surface area is 154 Å². The summed E-state index contributed by atoms with van der Waals surface area (Å²) < 4.78 is 8.30. The number of rotatable bonds is 3. The van der Waals surface area contributed by atoms with Crippen molar-refractivity contribution in [1.29, 1.82) is 5.26 Å². The number of morpholine rings is 1. The van der Waals surface area contributed by atoms with E-state index in [0.29, 0.717) is 37.6 Å². The molecule has 4 rings (SSSR count). The molecule has 4 heterocycles. The van der Waals surface area contributed by atoms with Crippen LogP contribution in [0.4, 0.5) is 0 Å². The Morgan fingerprint density at radius 1 is 1.26 bits per heavy atom. The molecule has 1 aliphatic rings. The van der Waals surface area contributed by atoms with Crippen molar-refractivity contribution in [2.45, 2.75) is 13.5 Å². The fraction of sp³-hybridized carbons (Fsp3) is 0.368. The molecule has 1 fully saturated rings. The summed E-state index contributed by atoms with van der Waals surface area (Å²) in [5.74, 6) is 0. The first-order chi connectivity index (χ1) is 13.1. The lowest BCUT2D eigenvalue weighted by molar-refractivity contribution is -0.908. The van der Waals surface area contributed by atoms with Gasteiger partial charge in [-0.15, -0.1) is 0 Å². The van der Waals surface area contributed by atoms with Crippen LogP contribution in [0.3, 0.4) is 0 Å². The van der Waals surface area contributed by atoms with Crippen LogP contribution in [0.5, 0.6) is 0 Å². The molecule has 0 bridgehead atoms. The smallest absolute Gasteiger partial charge is 0.270 e. The van der Waals surface area contributed by atoms with Gasteiger partial charge in [-0.3, -0.25) is 18.6 Å². The number of nitrogens with one attached hydrogen (secondary N) is 1. The van der Waals surface area contributed by atoms with Crippen LogP contribution < -0.4 is 16.0 Å². The first-order valence-corrected chi connectivity index (χ1v) is 8.96. The van der Waals surface area contributed by atoms with Crippen molar-refractivity contribution >= 4 is 16.7 Å². The minimum Gasteiger partial charge on any atom is -0.370 e. The van der Waals surface area contributed by atoms with Crippen LogP contribution in [0.1, 0.15) is 11.1 Å². The molecule has 0 aliphatic carbocycles. The van der Waals surface area contributed by atoms with Crippen molar-refractivity contribution in [1.82, 2.24) is 14.0 Å². The van der Waals surface area contributed by atoms with E-state index in [-0.39, 0.29) is 16.5 Å². The highest BCUT2D eigenvalue weighted by atomic mass is 16.5. The minimum atomic E-state index is -0.402. The van der Waals surface area contributed by atoms with Gasteiger partial charge in [-0.05, 0) is 24.6 Å². The van der Waals surface area contributed by atoms with Crippen molar-refractivity contribution < 1.29 is 9.64 Å². The number of nitriles is 1. The SMILES string of the molecule is Cc1ccc2nc3c(cc(C#N)c(=O)n3CC[NH+]3CCOCC3)c(=O)n2c1. The maximum absolute atomic E-state index is 13.0. The predicted octanol–water partition coefficient (Wildman–Crippen LogP) is -0.895. The van der Waals surface area contributed by atoms with Gasteiger partial charge in [-0.25, -0.2) is 4.98 Å². The van der Waals surface area contributed by atoms with Gasteiger partial charge in [0.05, 0.1) is 31.7 Å². The lowest BCUT2D eigenvalue weighted by Gasteiger charge is -2.24. The summed E-state index contributed by atoms with van der Waals surface area (Å²) in [5, 5.41) is 9.64. The molecule has 27 heavy (non-hydrogen) atoms. The zero-order valence-electron chi connectivity index (χ0n) is 15.1. The Balaban J connectivity index is 1.90. The van der Waals surface area contributed by atoms with E-state index in [1.165, 1.54) is 19.9 Å². The number of fused-ring (bicyclic) bond motifs is 2. The first kappa shape index (κ1) is 17.4. The molecule has 1 aliphatic heterocycles. The molecule has 8 nitrogen and oxygen atoms in total. The number of pyridine rings is 2. The normalized spacial score (nSPS) is 15.3. The van der Waals surface area contributed by atoms with Crippen LogP contribution in [0, 0.1) is 18.3 Å². The second-order valence-corrected chi connectivity index (χ2v) is 6.83. The van der Waals surface area contributed by atoms with E-state index in [1.807, 2.05) is 19.1 Å². The number of quaternary nitrogens is 1. The number of nitrogens with zero attached hydrogens (tertiary/aromatic N) is 4. The van der Waals surface area contributed by atoms with E-state index in [2.05, 4.69) is 4.98 Å². The van der Waals surface area contributed by atoms with Crippen molar-refractivity contribution in [3.05, 3.63) is 56.2 Å². The molecule has 8 heteroatoms. The molecule has 3 aromatic rings. The Bertz CT molecular complexity index is 1180. The number of hydrogen-bond acceptors (Lipinski definition) is 5. The number of aryl methyl sites for hydroxylation is 1. The molecule has 138 valence electrons. The average Bonchev–Trinajstić information content (AvgIpc) is 2.69. The van der Waals surface area contributed by atoms with Crippen molar-refractivity contribution in [2.75, 3.05) is 32.8 Å². The van der Waals surface area contributed by atoms with Crippen LogP contribution >= 0.6 is 0 Å². The molecule has 0 aromatic carbocycles. The van der Waals surface area contributed by atoms with Gasteiger partial charge in [0.1, 0.15) is 30.4 Å². The van der Waals surface area contributed by atoms with Gasteiger partial charge in [0.25, 0.3) is 11.1 Å². The summed E-state index contributed by atoms with van der Waals surface area (Å²) in [6, 6.07) is 6.91. The molecule has 0 spiro atoms. The van der Waals surface area contributed by atoms with Crippen LogP contribution in [-0.2, 0) is 11.3 Å². The quantitative estimate of drug-likeness (QED) is 0.607. The highest BCUT2D eigenvalue weighted by Crippen LogP contribution is 2.10. The third-order valence-electron chi connectivity index (χ3n) is 5.01. The second kappa shape index (κ2) is 6.95. The highest BCUT2D eigenvalue weighted by Gasteiger charge is 2.18. The van der Waals surface area contributed by atoms with Gasteiger partial charge in [-0.1, -0.05) is 6.07 Å². The highest BCUT2D eigenvalue weighted by molar-refractivity contribution is 5.77. The molecule has 0 unspecified atom stereocenters. The van der Waals surface area contributed by atoms with E-state index in [9.17, 15) is 14.9 Å². The Hall–Kier alpha value is -3.02. The first-order valence-electron chi connectivity index (χ1n) is 8.96. The Morgan fingerprint density at radius 2 is 2.04 bits per heavy atom. The van der Waals surface area contributed by atoms with E-state index < -0.39 is 5.56 Å². The van der Waals surface area contributed by atoms with E-state index in [1.54, 1.807) is 12.3 Å². The zero-order valence-corrected chi connectivity index (χ0v) is 15.1. The van der Waals surface area contributed by atoms with Crippen LogP contribution in [0.25, 0.3) is 16.7 Å². The lowest BCUT2D eigenvalue weighted by atomic mass is 10.2. The average molecular weight is 366 g/mol. The monoisotopic (exact) mass is 366 g/mol. The molecule has 1 N–H and O–H groups in total. The maximum atomic E-state index is 13.0. The number of ether oxygens (including phenoxy) is 1. The van der Waals surface area contributed by atoms with Crippen LogP contribution in [0.2, 0.25) is 0 Å². The third-order valence-corrected chi connectivity index (χ3v) is 5.01. The maximum Gasteiger partial charge on any atom is 0.270 e. The summed E-state index contributed by atoms with van der Waals surface area (Å²) in [7, 11) is 0. The van der Waals surface area contributed by atoms with Gasteiger partial charge in [0.2, 0.25) is 0 Å². The van der Waals surface area contributed by atoms with Crippen LogP contribution in [-0.4, -0.2) is 46.8 Å². The van der Waals surface area contributed by atoms with E-state index in [4.69, 9.17) is 4.74 Å². The summed E-state index contributed by atoms with van der Waals surface area (Å²) >= 11 is 0. The molecule has 3 aromatic heterocycles. The lowest BCUT2D eigenvalue weighted by Crippen LogP contribution is -3.14. The molecule has 0 radical (unpaired) electrons. The summed E-state index contributed by atoms with van der Waals surface area (Å²) in [5.41, 5.74) is 1.03. The Morgan fingerprint density at radius 3 is 2.78 bits per heavy atom. The van der Waals surface area contributed by atoms with Gasteiger partial charge >= 0.3 is 0 Å². The molecular formula is C19H20N5O3+. The summed E-state index contributed by atoms with van der Waals surface area (Å²) in [4.78, 5) is 31.6. The summed E-state index contributed by atoms with van der Waals surface area (Å²) in [6.45, 7) is 6.16. The molecular weight excluding hydrogens is 346 g/mol. The van der Waals surface area contributed by atoms with E-state index in [0.717, 1.165) is 18.7 Å². The van der Waals surface area contributed by atoms with Crippen LogP contribution in [0.15, 0.2) is 34.0 Å². The molecule has 0 amide bonds. The largest absolute Gasteiger partial charge is 0.370 e. The van der Waals surface area contributed by atoms with Crippen molar-refractivity contribution in [3.63, 3.8) is 0 Å². The van der Waals surface area contributed by atoms with Crippen molar-refractivity contribution in [3.8, 4) is 6.07 Å². The molecule has 1 saturated heterocycles. The Kier molecular flexibility index (Phi) is 4.48. The topological polar surface area (TPSA) is 93.8 Å². The predicted molar refractivity (Wildman–Crippen MR) is 99.1 cm³/mol. The fourth-order valence-electron chi connectivity index (χ4n) is 3.49. The van der Waals surface area contributed by atoms with E-state index >= 15 is 0 Å². The third kappa shape index (κ3) is 3.12. The standard InChI is InChI=1S/C19H19N5O3/c1-13-2-3-16-21-17-15(19(26)24(16)12-13)10-14(11-20)18(25)23(17)5-4-22-6-8-27-9-7-22/h2-3,10,12H,4-9H2,1H3/p+1. The van der Waals surface area contributed by atoms with Gasteiger partial charge in [0, 0.05) is 6.20 Å². The number of hydrogen-bond donors (Lipinski definition) is 1. The second-order valence-electron chi connectivity index (χ2n) is 6.83. The minimum absolute atomic E-state index is 0.0361. The fourth-order valence-corrected chi connectivity index (χ4v) is 3.49. The van der Waals surface area contributed by atoms with Gasteiger partial charge < -0.3 is 9.64 Å². The molecule has 0 saturated carbocycles. The van der Waals surface area contributed by atoms with Gasteiger partial charge in [0.15, 0.2) is 5.65 Å². The zero-order chi connectivity index (χ0) is 19.0. The van der Waals surface area contributed by atoms with Crippen molar-refractivity contribution in [2.24, 2.45) is 0 Å².